The molecule has 0 aliphatic rings. The van der Waals surface area contributed by atoms with E-state index in [1.807, 2.05) is 13.0 Å². The Morgan fingerprint density at radius 2 is 1.81 bits per heavy atom. The maximum absolute atomic E-state index is 12.3. The molecule has 1 amide bonds. The van der Waals surface area contributed by atoms with Crippen molar-refractivity contribution in [1.82, 2.24) is 0 Å². The quantitative estimate of drug-likeness (QED) is 0.670. The van der Waals surface area contributed by atoms with Crippen molar-refractivity contribution in [3.05, 3.63) is 59.2 Å². The number of nitrogens with two attached hydrogens (primary N) is 1. The number of aryl methyl sites for hydroxylation is 1. The van der Waals surface area contributed by atoms with Crippen molar-refractivity contribution in [3.8, 4) is 0 Å². The summed E-state index contributed by atoms with van der Waals surface area (Å²) in [5, 5.41) is 2.69. The highest BCUT2D eigenvalue weighted by molar-refractivity contribution is 6.10. The predicted octanol–water partition coefficient (Wildman–Crippen LogP) is 2.62. The minimum absolute atomic E-state index is 0.291. The number of ether oxygens (including phenoxy) is 1. The van der Waals surface area contributed by atoms with E-state index in [0.29, 0.717) is 22.5 Å². The number of benzene rings is 2. The lowest BCUT2D eigenvalue weighted by Gasteiger charge is -2.11. The van der Waals surface area contributed by atoms with Gasteiger partial charge in [-0.1, -0.05) is 23.8 Å². The molecule has 2 aromatic carbocycles. The van der Waals surface area contributed by atoms with Gasteiger partial charge in [0, 0.05) is 5.69 Å². The van der Waals surface area contributed by atoms with E-state index in [1.54, 1.807) is 36.4 Å². The zero-order chi connectivity index (χ0) is 15.4. The van der Waals surface area contributed by atoms with Crippen LogP contribution < -0.4 is 11.1 Å². The molecular weight excluding hydrogens is 268 g/mol. The summed E-state index contributed by atoms with van der Waals surface area (Å²) in [4.78, 5) is 24.0. The van der Waals surface area contributed by atoms with Crippen molar-refractivity contribution in [3.63, 3.8) is 0 Å². The van der Waals surface area contributed by atoms with Gasteiger partial charge in [-0.2, -0.15) is 0 Å². The number of anilines is 2. The molecule has 0 saturated heterocycles. The van der Waals surface area contributed by atoms with Crippen molar-refractivity contribution < 1.29 is 14.3 Å². The summed E-state index contributed by atoms with van der Waals surface area (Å²) in [7, 11) is 1.29. The van der Waals surface area contributed by atoms with E-state index in [0.717, 1.165) is 5.56 Å². The Kier molecular flexibility index (Phi) is 4.23. The summed E-state index contributed by atoms with van der Waals surface area (Å²) in [6.07, 6.45) is 0. The third-order valence-corrected chi connectivity index (χ3v) is 3.03. The lowest BCUT2D eigenvalue weighted by Crippen LogP contribution is -2.17. The van der Waals surface area contributed by atoms with Gasteiger partial charge in [0.1, 0.15) is 0 Å². The van der Waals surface area contributed by atoms with E-state index in [9.17, 15) is 9.59 Å². The van der Waals surface area contributed by atoms with Gasteiger partial charge in [-0.25, -0.2) is 4.79 Å². The Morgan fingerprint density at radius 1 is 1.10 bits per heavy atom. The second kappa shape index (κ2) is 6.09. The van der Waals surface area contributed by atoms with Crippen molar-refractivity contribution in [2.45, 2.75) is 6.92 Å². The third kappa shape index (κ3) is 3.20. The maximum Gasteiger partial charge on any atom is 0.339 e. The van der Waals surface area contributed by atoms with Gasteiger partial charge in [-0.15, -0.1) is 0 Å². The summed E-state index contributed by atoms with van der Waals surface area (Å²) in [5.74, 6) is -0.879. The average molecular weight is 284 g/mol. The maximum atomic E-state index is 12.3. The molecule has 0 aliphatic heterocycles. The van der Waals surface area contributed by atoms with Crippen LogP contribution in [-0.4, -0.2) is 19.0 Å². The van der Waals surface area contributed by atoms with Gasteiger partial charge in [0.05, 0.1) is 23.9 Å². The van der Waals surface area contributed by atoms with Gasteiger partial charge in [0.15, 0.2) is 0 Å². The number of hydrogen-bond acceptors (Lipinski definition) is 4. The van der Waals surface area contributed by atoms with Gasteiger partial charge in [0.2, 0.25) is 0 Å². The molecule has 0 spiro atoms. The minimum atomic E-state index is -0.511. The van der Waals surface area contributed by atoms with Crippen LogP contribution in [-0.2, 0) is 4.74 Å². The van der Waals surface area contributed by atoms with Gasteiger partial charge in [-0.3, -0.25) is 4.79 Å². The SMILES string of the molecule is COC(=O)c1ccccc1NC(=O)c1cc(C)ccc1N. The molecule has 3 N–H and O–H groups in total. The van der Waals surface area contributed by atoms with Crippen LogP contribution in [0.25, 0.3) is 0 Å². The number of hydrogen-bond donors (Lipinski definition) is 2. The fourth-order valence-corrected chi connectivity index (χ4v) is 1.94. The number of carbonyl (C=O) groups is 2. The highest BCUT2D eigenvalue weighted by atomic mass is 16.5. The monoisotopic (exact) mass is 284 g/mol. The molecule has 5 heteroatoms. The number of nitrogens with one attached hydrogen (secondary N) is 1. The number of carbonyl (C=O) groups excluding carboxylic acids is 2. The fourth-order valence-electron chi connectivity index (χ4n) is 1.94. The topological polar surface area (TPSA) is 81.4 Å². The van der Waals surface area contributed by atoms with E-state index in [1.165, 1.54) is 7.11 Å². The summed E-state index contributed by atoms with van der Waals surface area (Å²) >= 11 is 0. The van der Waals surface area contributed by atoms with E-state index < -0.39 is 5.97 Å². The second-order valence-electron chi connectivity index (χ2n) is 4.58. The lowest BCUT2D eigenvalue weighted by atomic mass is 10.1. The third-order valence-electron chi connectivity index (χ3n) is 3.03. The van der Waals surface area contributed by atoms with Gasteiger partial charge < -0.3 is 15.8 Å². The van der Waals surface area contributed by atoms with Crippen LogP contribution in [0, 0.1) is 6.92 Å². The molecule has 0 bridgehead atoms. The Balaban J connectivity index is 2.32. The van der Waals surface area contributed by atoms with Crippen molar-refractivity contribution >= 4 is 23.3 Å². The molecule has 21 heavy (non-hydrogen) atoms. The Labute approximate surface area is 122 Å². The van der Waals surface area contributed by atoms with Crippen LogP contribution >= 0.6 is 0 Å². The van der Waals surface area contributed by atoms with Gasteiger partial charge in [0.25, 0.3) is 5.91 Å². The first-order valence-electron chi connectivity index (χ1n) is 6.37. The molecule has 0 atom stereocenters. The predicted molar refractivity (Wildman–Crippen MR) is 81.3 cm³/mol. The molecule has 2 rings (SSSR count). The molecule has 0 fully saturated rings. The Morgan fingerprint density at radius 3 is 2.52 bits per heavy atom. The van der Waals surface area contributed by atoms with Crippen molar-refractivity contribution in [2.75, 3.05) is 18.2 Å². The molecule has 0 radical (unpaired) electrons. The van der Waals surface area contributed by atoms with Gasteiger partial charge in [-0.05, 0) is 31.2 Å². The summed E-state index contributed by atoms with van der Waals surface area (Å²) < 4.78 is 4.69. The van der Waals surface area contributed by atoms with Crippen LogP contribution in [0.2, 0.25) is 0 Å². The van der Waals surface area contributed by atoms with E-state index in [2.05, 4.69) is 5.32 Å². The fraction of sp³-hybridized carbons (Fsp3) is 0.125. The molecular formula is C16H16N2O3. The zero-order valence-electron chi connectivity index (χ0n) is 11.8. The van der Waals surface area contributed by atoms with E-state index in [-0.39, 0.29) is 5.91 Å². The molecule has 0 aliphatic carbocycles. The molecule has 0 aromatic heterocycles. The number of amides is 1. The summed E-state index contributed by atoms with van der Waals surface area (Å²) in [6.45, 7) is 1.87. The van der Waals surface area contributed by atoms with Crippen LogP contribution in [0.5, 0.6) is 0 Å². The number of para-hydroxylation sites is 1. The Bertz CT molecular complexity index is 696. The molecule has 5 nitrogen and oxygen atoms in total. The van der Waals surface area contributed by atoms with Crippen LogP contribution in [0.3, 0.4) is 0 Å². The van der Waals surface area contributed by atoms with Crippen LogP contribution in [0.1, 0.15) is 26.3 Å². The molecule has 0 unspecified atom stereocenters. The minimum Gasteiger partial charge on any atom is -0.465 e. The first-order chi connectivity index (χ1) is 10.0. The van der Waals surface area contributed by atoms with Gasteiger partial charge >= 0.3 is 5.97 Å². The lowest BCUT2D eigenvalue weighted by molar-refractivity contribution is 0.0602. The van der Waals surface area contributed by atoms with E-state index in [4.69, 9.17) is 10.5 Å². The van der Waals surface area contributed by atoms with Crippen molar-refractivity contribution in [2.24, 2.45) is 0 Å². The highest BCUT2D eigenvalue weighted by Crippen LogP contribution is 2.20. The standard InChI is InChI=1S/C16H16N2O3/c1-10-7-8-13(17)12(9-10)15(19)18-14-6-4-3-5-11(14)16(20)21-2/h3-9H,17H2,1-2H3,(H,18,19). The Hall–Kier alpha value is -2.82. The van der Waals surface area contributed by atoms with Crippen molar-refractivity contribution in [1.29, 1.82) is 0 Å². The number of nitrogen functional groups attached to an aromatic ring is 1. The normalized spacial score (nSPS) is 10.0. The number of methoxy groups -OCH3 is 1. The first-order valence-corrected chi connectivity index (χ1v) is 6.37. The summed E-state index contributed by atoms with van der Waals surface area (Å²) in [6, 6.07) is 11.8. The highest BCUT2D eigenvalue weighted by Gasteiger charge is 2.15. The number of rotatable bonds is 3. The van der Waals surface area contributed by atoms with Crippen LogP contribution in [0.4, 0.5) is 11.4 Å². The molecule has 0 heterocycles. The molecule has 0 saturated carbocycles. The molecule has 108 valence electrons. The summed E-state index contributed by atoms with van der Waals surface area (Å²) in [5.41, 5.74) is 8.17. The number of esters is 1. The average Bonchev–Trinajstić information content (AvgIpc) is 2.49. The zero-order valence-corrected chi connectivity index (χ0v) is 11.8. The largest absolute Gasteiger partial charge is 0.465 e. The van der Waals surface area contributed by atoms with Crippen LogP contribution in [0.15, 0.2) is 42.5 Å². The van der Waals surface area contributed by atoms with E-state index >= 15 is 0 Å². The first kappa shape index (κ1) is 14.6. The smallest absolute Gasteiger partial charge is 0.339 e. The molecule has 2 aromatic rings. The second-order valence-corrected chi connectivity index (χ2v) is 4.58.